The molecule has 7 nitrogen and oxygen atoms in total. The van der Waals surface area contributed by atoms with E-state index in [2.05, 4.69) is 20.8 Å². The monoisotopic (exact) mass is 337 g/mol. The minimum Gasteiger partial charge on any atom is -0.330 e. The molecule has 0 bridgehead atoms. The van der Waals surface area contributed by atoms with Gasteiger partial charge in [-0.2, -0.15) is 5.10 Å². The fourth-order valence-electron chi connectivity index (χ4n) is 2.44. The first-order valence-electron chi connectivity index (χ1n) is 8.02. The molecule has 7 heteroatoms. The Labute approximate surface area is 144 Å². The van der Waals surface area contributed by atoms with E-state index in [-0.39, 0.29) is 11.8 Å². The molecule has 25 heavy (non-hydrogen) atoms. The Morgan fingerprint density at radius 3 is 2.64 bits per heavy atom. The van der Waals surface area contributed by atoms with E-state index >= 15 is 0 Å². The van der Waals surface area contributed by atoms with Gasteiger partial charge in [0, 0.05) is 23.1 Å². The van der Waals surface area contributed by atoms with Crippen LogP contribution >= 0.6 is 0 Å². The summed E-state index contributed by atoms with van der Waals surface area (Å²) in [4.78, 5) is 24.1. The summed E-state index contributed by atoms with van der Waals surface area (Å²) < 4.78 is 0. The third kappa shape index (κ3) is 4.02. The molecule has 0 radical (unpaired) electrons. The van der Waals surface area contributed by atoms with Crippen LogP contribution in [0.1, 0.15) is 23.2 Å². The molecule has 0 aliphatic heterocycles. The first-order valence-corrected chi connectivity index (χ1v) is 8.02. The van der Waals surface area contributed by atoms with Gasteiger partial charge in [0.1, 0.15) is 0 Å². The predicted molar refractivity (Wildman–Crippen MR) is 97.4 cm³/mol. The molecule has 0 aliphatic carbocycles. The average Bonchev–Trinajstić information content (AvgIpc) is 3.03. The maximum Gasteiger partial charge on any atom is 0.256 e. The number of aromatic nitrogens is 2. The molecule has 2 aromatic carbocycles. The number of hydrogen-bond donors (Lipinski definition) is 4. The first kappa shape index (κ1) is 16.7. The van der Waals surface area contributed by atoms with E-state index in [1.165, 1.54) is 0 Å². The van der Waals surface area contributed by atoms with E-state index in [4.69, 9.17) is 5.73 Å². The Balaban J connectivity index is 1.79. The molecule has 0 spiro atoms. The summed E-state index contributed by atoms with van der Waals surface area (Å²) >= 11 is 0. The van der Waals surface area contributed by atoms with Gasteiger partial charge in [-0.05, 0) is 43.3 Å². The topological polar surface area (TPSA) is 113 Å². The second-order valence-corrected chi connectivity index (χ2v) is 5.59. The molecular weight excluding hydrogens is 318 g/mol. The molecule has 0 unspecified atom stereocenters. The number of anilines is 2. The van der Waals surface area contributed by atoms with Crippen molar-refractivity contribution in [2.24, 2.45) is 5.73 Å². The van der Waals surface area contributed by atoms with Gasteiger partial charge in [0.15, 0.2) is 5.82 Å². The maximum atomic E-state index is 12.3. The number of H-pyrrole nitrogens is 1. The van der Waals surface area contributed by atoms with Crippen LogP contribution in [0.5, 0.6) is 0 Å². The van der Waals surface area contributed by atoms with E-state index in [1.807, 2.05) is 6.07 Å². The lowest BCUT2D eigenvalue weighted by Crippen LogP contribution is -2.13. The Hall–Kier alpha value is -3.19. The molecule has 0 fully saturated rings. The molecule has 0 aliphatic rings. The molecule has 0 saturated carbocycles. The van der Waals surface area contributed by atoms with Crippen molar-refractivity contribution in [1.82, 2.24) is 10.2 Å². The minimum atomic E-state index is -0.244. The highest BCUT2D eigenvalue weighted by Crippen LogP contribution is 2.24. The summed E-state index contributed by atoms with van der Waals surface area (Å²) in [6, 6.07) is 14.3. The molecular formula is C18H19N5O2. The minimum absolute atomic E-state index is 0.0943. The van der Waals surface area contributed by atoms with Crippen LogP contribution in [0, 0.1) is 0 Å². The molecule has 5 N–H and O–H groups in total. The average molecular weight is 337 g/mol. The lowest BCUT2D eigenvalue weighted by Gasteiger charge is -2.06. The number of fused-ring (bicyclic) bond motifs is 1. The summed E-state index contributed by atoms with van der Waals surface area (Å²) in [5.74, 6) is 0.0801. The Morgan fingerprint density at radius 1 is 1.08 bits per heavy atom. The van der Waals surface area contributed by atoms with E-state index in [0.717, 1.165) is 10.9 Å². The Bertz CT molecular complexity index is 889. The summed E-state index contributed by atoms with van der Waals surface area (Å²) in [6.07, 6.45) is 1.01. The SMILES string of the molecule is NCCCC(=O)Nc1ccc2[nH]nc(NC(=O)c3ccccc3)c2c1. The zero-order chi connectivity index (χ0) is 17.6. The number of nitrogens with one attached hydrogen (secondary N) is 3. The quantitative estimate of drug-likeness (QED) is 0.553. The van der Waals surface area contributed by atoms with E-state index in [0.29, 0.717) is 36.5 Å². The molecule has 3 aromatic rings. The van der Waals surface area contributed by atoms with E-state index < -0.39 is 0 Å². The van der Waals surface area contributed by atoms with Gasteiger partial charge in [0.05, 0.1) is 5.52 Å². The van der Waals surface area contributed by atoms with Crippen molar-refractivity contribution in [1.29, 1.82) is 0 Å². The largest absolute Gasteiger partial charge is 0.330 e. The number of nitrogens with two attached hydrogens (primary N) is 1. The zero-order valence-corrected chi connectivity index (χ0v) is 13.6. The van der Waals surface area contributed by atoms with Crippen LogP contribution in [0.2, 0.25) is 0 Å². The molecule has 128 valence electrons. The van der Waals surface area contributed by atoms with Gasteiger partial charge < -0.3 is 16.4 Å². The predicted octanol–water partition coefficient (Wildman–Crippen LogP) is 2.49. The van der Waals surface area contributed by atoms with Crippen molar-refractivity contribution in [3.05, 3.63) is 54.1 Å². The number of aromatic amines is 1. The number of amides is 2. The summed E-state index contributed by atoms with van der Waals surface area (Å²) in [7, 11) is 0. The highest BCUT2D eigenvalue weighted by Gasteiger charge is 2.12. The van der Waals surface area contributed by atoms with Gasteiger partial charge in [-0.1, -0.05) is 18.2 Å². The molecule has 0 saturated heterocycles. The molecule has 3 rings (SSSR count). The fourth-order valence-corrected chi connectivity index (χ4v) is 2.44. The number of carbonyl (C=O) groups is 2. The summed E-state index contributed by atoms with van der Waals surface area (Å²) in [5, 5.41) is 13.3. The third-order valence-corrected chi connectivity index (χ3v) is 3.72. The van der Waals surface area contributed by atoms with Crippen molar-refractivity contribution in [3.8, 4) is 0 Å². The lowest BCUT2D eigenvalue weighted by molar-refractivity contribution is -0.116. The summed E-state index contributed by atoms with van der Waals surface area (Å²) in [6.45, 7) is 0.476. The van der Waals surface area contributed by atoms with Crippen LogP contribution < -0.4 is 16.4 Å². The van der Waals surface area contributed by atoms with Crippen LogP contribution in [-0.4, -0.2) is 28.6 Å². The molecule has 1 aromatic heterocycles. The van der Waals surface area contributed by atoms with Crippen molar-refractivity contribution < 1.29 is 9.59 Å². The van der Waals surface area contributed by atoms with Crippen molar-refractivity contribution in [3.63, 3.8) is 0 Å². The number of benzene rings is 2. The number of nitrogens with zero attached hydrogens (tertiary/aromatic N) is 1. The highest BCUT2D eigenvalue weighted by molar-refractivity contribution is 6.08. The number of carbonyl (C=O) groups excluding carboxylic acids is 2. The smallest absolute Gasteiger partial charge is 0.256 e. The second-order valence-electron chi connectivity index (χ2n) is 5.59. The van der Waals surface area contributed by atoms with Gasteiger partial charge in [0.2, 0.25) is 5.91 Å². The van der Waals surface area contributed by atoms with Crippen LogP contribution in [0.4, 0.5) is 11.5 Å². The fraction of sp³-hybridized carbons (Fsp3) is 0.167. The van der Waals surface area contributed by atoms with Gasteiger partial charge in [-0.3, -0.25) is 14.7 Å². The Morgan fingerprint density at radius 2 is 1.88 bits per heavy atom. The number of rotatable bonds is 6. The summed E-state index contributed by atoms with van der Waals surface area (Å²) in [5.41, 5.74) is 7.37. The lowest BCUT2D eigenvalue weighted by atomic mass is 10.2. The van der Waals surface area contributed by atoms with Gasteiger partial charge in [-0.25, -0.2) is 0 Å². The second kappa shape index (κ2) is 7.59. The van der Waals surface area contributed by atoms with E-state index in [9.17, 15) is 9.59 Å². The number of hydrogen-bond acceptors (Lipinski definition) is 4. The van der Waals surface area contributed by atoms with Crippen LogP contribution in [0.3, 0.4) is 0 Å². The zero-order valence-electron chi connectivity index (χ0n) is 13.6. The van der Waals surface area contributed by atoms with Crippen LogP contribution in [0.25, 0.3) is 10.9 Å². The standard InChI is InChI=1S/C18H19N5O2/c19-10-4-7-16(24)20-13-8-9-15-14(11-13)17(23-22-15)21-18(25)12-5-2-1-3-6-12/h1-3,5-6,8-9,11H,4,7,10,19H2,(H,20,24)(H2,21,22,23,25). The third-order valence-electron chi connectivity index (χ3n) is 3.72. The van der Waals surface area contributed by atoms with E-state index in [1.54, 1.807) is 42.5 Å². The van der Waals surface area contributed by atoms with Crippen LogP contribution in [-0.2, 0) is 4.79 Å². The highest BCUT2D eigenvalue weighted by atomic mass is 16.2. The first-order chi connectivity index (χ1) is 12.2. The van der Waals surface area contributed by atoms with Crippen molar-refractivity contribution >= 4 is 34.2 Å². The Kier molecular flexibility index (Phi) is 5.06. The van der Waals surface area contributed by atoms with Crippen molar-refractivity contribution in [2.45, 2.75) is 12.8 Å². The normalized spacial score (nSPS) is 10.6. The van der Waals surface area contributed by atoms with Gasteiger partial charge in [-0.15, -0.1) is 0 Å². The van der Waals surface area contributed by atoms with Crippen molar-refractivity contribution in [2.75, 3.05) is 17.2 Å². The molecule has 0 atom stereocenters. The molecule has 2 amide bonds. The molecule has 1 heterocycles. The van der Waals surface area contributed by atoms with Gasteiger partial charge in [0.25, 0.3) is 5.91 Å². The van der Waals surface area contributed by atoms with Gasteiger partial charge >= 0.3 is 0 Å². The maximum absolute atomic E-state index is 12.3. The van der Waals surface area contributed by atoms with Crippen LogP contribution in [0.15, 0.2) is 48.5 Å².